The zero-order chi connectivity index (χ0) is 56.3. The Labute approximate surface area is 434 Å². The van der Waals surface area contributed by atoms with Gasteiger partial charge in [0, 0.05) is 45.8 Å². The number of carbonyl (C=O) groups excluding carboxylic acids is 1. The Morgan fingerprint density at radius 2 is 1.51 bits per heavy atom. The number of hydrogen-bond acceptors (Lipinski definition) is 28. The van der Waals surface area contributed by atoms with Crippen LogP contribution in [0, 0.1) is 5.92 Å². The molecule has 8 heterocycles. The molecule has 77 heavy (non-hydrogen) atoms. The maximum Gasteiger partial charge on any atom is 0.488 e. The summed E-state index contributed by atoms with van der Waals surface area (Å²) in [4.78, 5) is 117. The van der Waals surface area contributed by atoms with E-state index in [0.717, 1.165) is 36.6 Å². The van der Waals surface area contributed by atoms with Crippen molar-refractivity contribution in [2.45, 2.75) is 73.9 Å². The minimum absolute atomic E-state index is 0.00408. The molecular formula is C35H49N13O24P4S. The lowest BCUT2D eigenvalue weighted by Crippen LogP contribution is -2.39. The number of phosphoric acid groups is 3. The summed E-state index contributed by atoms with van der Waals surface area (Å²) in [6.07, 6.45) is -14.0. The Kier molecular flexibility index (Phi) is 17.0. The first-order valence-corrected chi connectivity index (χ1v) is 29.1. The van der Waals surface area contributed by atoms with Crippen LogP contribution in [0.25, 0.3) is 22.3 Å². The van der Waals surface area contributed by atoms with Crippen LogP contribution in [-0.2, 0) is 83.0 Å². The maximum absolute atomic E-state index is 13.5. The summed E-state index contributed by atoms with van der Waals surface area (Å²) in [6, 6.07) is 0.924. The summed E-state index contributed by atoms with van der Waals surface area (Å²) in [7, 11) is -12.1. The molecule has 16 atom stereocenters. The molecule has 3 aliphatic rings. The number of aliphatic hydroxyl groups excluding tert-OH is 3. The van der Waals surface area contributed by atoms with Crippen LogP contribution >= 0.6 is 30.2 Å². The van der Waals surface area contributed by atoms with E-state index < -0.39 is 153 Å². The van der Waals surface area contributed by atoms with Crippen molar-refractivity contribution >= 4 is 82.0 Å². The second-order valence-corrected chi connectivity index (χ2v) is 24.7. The van der Waals surface area contributed by atoms with Gasteiger partial charge in [0.15, 0.2) is 23.9 Å². The summed E-state index contributed by atoms with van der Waals surface area (Å²) in [5.41, 5.74) is 9.26. The lowest BCUT2D eigenvalue weighted by atomic mass is 9.94. The van der Waals surface area contributed by atoms with Gasteiger partial charge in [-0.25, -0.2) is 37.8 Å². The first kappa shape index (κ1) is 58.5. The maximum atomic E-state index is 13.5. The van der Waals surface area contributed by atoms with E-state index in [1.807, 2.05) is 4.98 Å². The lowest BCUT2D eigenvalue weighted by Gasteiger charge is -2.31. The Morgan fingerprint density at radius 3 is 2.19 bits per heavy atom. The zero-order valence-electron chi connectivity index (χ0n) is 40.1. The number of nitrogens with one attached hydrogen (secondary N) is 2. The van der Waals surface area contributed by atoms with Crippen LogP contribution in [0.4, 0.5) is 11.8 Å². The molecule has 42 heteroatoms. The third-order valence-electron chi connectivity index (χ3n) is 12.0. The average molecular weight is 1190 g/mol. The topological polar surface area (TPSA) is 513 Å². The second-order valence-electron chi connectivity index (χ2n) is 17.4. The third-order valence-corrected chi connectivity index (χ3v) is 18.2. The Balaban J connectivity index is 0.951. The van der Waals surface area contributed by atoms with E-state index in [1.54, 1.807) is 0 Å². The third kappa shape index (κ3) is 12.7. The molecule has 0 aromatic carbocycles. The van der Waals surface area contributed by atoms with Crippen molar-refractivity contribution in [2.24, 2.45) is 13.0 Å². The summed E-state index contributed by atoms with van der Waals surface area (Å²) in [6.45, 7) is -8.34. The first-order chi connectivity index (χ1) is 36.0. The van der Waals surface area contributed by atoms with Crippen LogP contribution < -0.4 is 37.7 Å². The zero-order valence-corrected chi connectivity index (χ0v) is 44.4. The highest BCUT2D eigenvalue weighted by atomic mass is 32.5. The Bertz CT molecular complexity index is 3420. The standard InChI is InChI=1S/C35H49N13O24P4S/c1-44(2)19(50)7-14-15(67-31(22(14)51)48-13-45(3)21-29(48)42-34(37)43-30(21)54)8-65-74(58,59)71-75(60,61)72-76(62,77)66-10-17-25(26(63-4)33(69-17)47-12-40-20-27(36)38-11-39-28(20)47)70-73(56,57)64-9-16-23(52)24(53)32(68-16)46-6-5-18(49)41-35(46)55/h5-6,11-17,22-26,31-33,51-53H,7-10H2,1-4H3,(H9-,36,37,38,39,41,42,43,49,54,55,56,57,58,59,60,61,62,77)/t14-,15-,16-,17?,22-,23-,24-,25-,26-,31-,32-,33-,76?/m1/s1. The summed E-state index contributed by atoms with van der Waals surface area (Å²) >= 11 is 4.91. The molecule has 0 bridgehead atoms. The number of hydrogen-bond donors (Lipinski definition) is 10. The van der Waals surface area contributed by atoms with Gasteiger partial charge in [-0.15, -0.1) is 0 Å². The molecule has 12 N–H and O–H groups in total. The fourth-order valence-electron chi connectivity index (χ4n) is 8.50. The largest absolute Gasteiger partial charge is 0.756 e. The number of imidazole rings is 2. The smallest absolute Gasteiger partial charge is 0.488 e. The highest BCUT2D eigenvalue weighted by Gasteiger charge is 2.53. The second kappa shape index (κ2) is 22.4. The molecule has 0 aliphatic carbocycles. The summed E-state index contributed by atoms with van der Waals surface area (Å²) in [5, 5.41) is 32.8. The van der Waals surface area contributed by atoms with Crippen LogP contribution in [0.3, 0.4) is 0 Å². The molecule has 5 aromatic rings. The SMILES string of the molecule is CO[C@@H]1[C@H](OP(=O)([O-])OC[C@H]2O[C@@H](n3ccc(=O)[nH]c3=O)[C@H](O)[C@@H]2O)C(COP(O)(=S)OP(=O)(O)OP(=O)(O)OC[C@H]2O[C@@H](n3c[n+](C)c4c(=O)[nH]c(N)nc43)[C@H](O)[C@@H]2CC(=O)N(C)C)O[C@H]1n1cnc2c(N)ncnc21. The van der Waals surface area contributed by atoms with Crippen molar-refractivity contribution in [3.05, 3.63) is 62.4 Å². The van der Waals surface area contributed by atoms with Gasteiger partial charge < -0.3 is 83.8 Å². The number of methoxy groups -OCH3 is 1. The van der Waals surface area contributed by atoms with Gasteiger partial charge in [0.2, 0.25) is 24.4 Å². The van der Waals surface area contributed by atoms with Gasteiger partial charge in [0.1, 0.15) is 54.6 Å². The number of fused-ring (bicyclic) bond motifs is 2. The number of nitrogen functional groups attached to an aromatic ring is 2. The number of aromatic amines is 2. The summed E-state index contributed by atoms with van der Waals surface area (Å²) in [5.74, 6) is -2.12. The number of carbonyl (C=O) groups is 1. The van der Waals surface area contributed by atoms with Crippen LogP contribution in [0.2, 0.25) is 0 Å². The highest BCUT2D eigenvalue weighted by Crippen LogP contribution is 2.68. The molecule has 8 rings (SSSR count). The number of phosphoric ester groups is 2. The predicted molar refractivity (Wildman–Crippen MR) is 253 cm³/mol. The number of aliphatic hydroxyl groups is 3. The fraction of sp³-hybridized carbons (Fsp3) is 0.571. The van der Waals surface area contributed by atoms with E-state index in [1.165, 1.54) is 46.1 Å². The van der Waals surface area contributed by atoms with E-state index in [2.05, 4.69) is 33.5 Å². The first-order valence-electron chi connectivity index (χ1n) is 22.1. The van der Waals surface area contributed by atoms with Gasteiger partial charge in [-0.3, -0.25) is 42.6 Å². The molecule has 3 fully saturated rings. The monoisotopic (exact) mass is 1190 g/mol. The number of rotatable bonds is 21. The van der Waals surface area contributed by atoms with Gasteiger partial charge in [-0.2, -0.15) is 13.9 Å². The van der Waals surface area contributed by atoms with Gasteiger partial charge in [0.05, 0.1) is 39.3 Å². The van der Waals surface area contributed by atoms with Crippen LogP contribution in [-0.4, -0.2) is 174 Å². The lowest BCUT2D eigenvalue weighted by molar-refractivity contribution is -0.646. The Hall–Kier alpha value is -4.69. The molecule has 424 valence electrons. The molecule has 3 aliphatic heterocycles. The highest BCUT2D eigenvalue weighted by molar-refractivity contribution is 8.08. The van der Waals surface area contributed by atoms with Gasteiger partial charge in [-0.1, -0.05) is 0 Å². The fourth-order valence-corrected chi connectivity index (χ4v) is 13.9. The van der Waals surface area contributed by atoms with E-state index in [4.69, 9.17) is 60.3 Å². The van der Waals surface area contributed by atoms with Gasteiger partial charge in [-0.05, 0) is 11.8 Å². The van der Waals surface area contributed by atoms with Crippen molar-refractivity contribution in [1.29, 1.82) is 0 Å². The Morgan fingerprint density at radius 1 is 0.844 bits per heavy atom. The minimum atomic E-state index is -6.04. The molecule has 0 saturated carbocycles. The summed E-state index contributed by atoms with van der Waals surface area (Å²) < 4.78 is 97.3. The quantitative estimate of drug-likeness (QED) is 0.0244. The molecule has 37 nitrogen and oxygen atoms in total. The molecule has 3 saturated heterocycles. The number of aromatic nitrogens is 10. The number of nitrogens with zero attached hydrogens (tertiary/aromatic N) is 9. The van der Waals surface area contributed by atoms with E-state index in [9.17, 15) is 67.8 Å². The molecule has 0 spiro atoms. The average Bonchev–Trinajstić information content (AvgIpc) is 4.13. The molecule has 0 radical (unpaired) electrons. The number of anilines is 2. The number of nitrogens with two attached hydrogens (primary N) is 2. The molecule has 5 unspecified atom stereocenters. The van der Waals surface area contributed by atoms with E-state index in [0.29, 0.717) is 0 Å². The normalized spacial score (nSPS) is 29.8. The van der Waals surface area contributed by atoms with Crippen LogP contribution in [0.1, 0.15) is 25.1 Å². The number of amides is 1. The van der Waals surface area contributed by atoms with Crippen molar-refractivity contribution in [1.82, 2.24) is 48.5 Å². The number of ether oxygens (including phenoxy) is 4. The van der Waals surface area contributed by atoms with Gasteiger partial charge >= 0.3 is 33.6 Å². The van der Waals surface area contributed by atoms with E-state index in [-0.39, 0.29) is 34.1 Å². The minimum Gasteiger partial charge on any atom is -0.756 e. The van der Waals surface area contributed by atoms with Crippen molar-refractivity contribution in [3.8, 4) is 0 Å². The van der Waals surface area contributed by atoms with Crippen molar-refractivity contribution in [3.63, 3.8) is 0 Å². The number of H-pyrrole nitrogens is 2. The van der Waals surface area contributed by atoms with Gasteiger partial charge in [0.25, 0.3) is 24.5 Å². The molecule has 1 amide bonds. The number of aryl methyl sites for hydroxylation is 1. The van der Waals surface area contributed by atoms with Crippen molar-refractivity contribution < 1.29 is 104 Å². The van der Waals surface area contributed by atoms with Crippen molar-refractivity contribution in [2.75, 3.05) is 52.5 Å². The van der Waals surface area contributed by atoms with Crippen LogP contribution in [0.15, 0.2) is 45.6 Å². The molecular weight excluding hydrogens is 1140 g/mol. The van der Waals surface area contributed by atoms with Crippen LogP contribution in [0.5, 0.6) is 0 Å². The van der Waals surface area contributed by atoms with E-state index >= 15 is 0 Å². The molecule has 5 aromatic heterocycles. The predicted octanol–water partition coefficient (Wildman–Crippen LogP) is -4.66.